The molecule has 202 valence electrons. The average Bonchev–Trinajstić information content (AvgIpc) is 3.17. The molecule has 0 unspecified atom stereocenters. The lowest BCUT2D eigenvalue weighted by molar-refractivity contribution is -0.140. The second kappa shape index (κ2) is 10.3. The maximum atomic E-state index is 14.7. The third-order valence-corrected chi connectivity index (χ3v) is 13.5. The van der Waals surface area contributed by atoms with Crippen molar-refractivity contribution < 1.29 is 30.4 Å². The lowest BCUT2D eigenvalue weighted by atomic mass is 10.1. The quantitative estimate of drug-likeness (QED) is 0.340. The maximum absolute atomic E-state index is 14.7. The van der Waals surface area contributed by atoms with Crippen LogP contribution in [0.1, 0.15) is 44.3 Å². The number of rotatable bonds is 7. The number of nitrogens with zero attached hydrogens (tertiary/aromatic N) is 3. The number of pyridine rings is 1. The third-order valence-electron chi connectivity index (χ3n) is 6.68. The Labute approximate surface area is 214 Å². The number of piperidine rings is 1. The van der Waals surface area contributed by atoms with Gasteiger partial charge in [-0.05, 0) is 37.0 Å². The predicted octanol–water partition coefficient (Wildman–Crippen LogP) is 5.72. The number of hydrogen-bond donors (Lipinski definition) is 1. The van der Waals surface area contributed by atoms with E-state index < -0.39 is 36.0 Å². The van der Waals surface area contributed by atoms with Crippen LogP contribution in [-0.4, -0.2) is 56.4 Å². The highest BCUT2D eigenvalue weighted by atomic mass is 32.2. The van der Waals surface area contributed by atoms with Crippen LogP contribution in [0.4, 0.5) is 23.4 Å². The summed E-state index contributed by atoms with van der Waals surface area (Å²) in [6, 6.07) is 1.10. The molecule has 2 aromatic heterocycles. The number of sulfonamides is 1. The second-order valence-corrected chi connectivity index (χ2v) is 18.3. The van der Waals surface area contributed by atoms with E-state index in [9.17, 15) is 26.0 Å². The Bertz CT molecular complexity index is 1190. The van der Waals surface area contributed by atoms with Gasteiger partial charge in [0.1, 0.15) is 16.6 Å². The molecule has 0 saturated carbocycles. The molecule has 0 aromatic carbocycles. The number of thiazole rings is 1. The number of aromatic nitrogens is 2. The fourth-order valence-corrected chi connectivity index (χ4v) is 6.42. The zero-order valence-corrected chi connectivity index (χ0v) is 23.8. The van der Waals surface area contributed by atoms with E-state index in [0.29, 0.717) is 25.9 Å². The Morgan fingerprint density at radius 1 is 1.22 bits per heavy atom. The van der Waals surface area contributed by atoms with Crippen molar-refractivity contribution in [1.29, 1.82) is 0 Å². The van der Waals surface area contributed by atoms with Gasteiger partial charge < -0.3 is 9.74 Å². The first-order valence-corrected chi connectivity index (χ1v) is 17.0. The lowest BCUT2D eigenvalue weighted by Gasteiger charge is -2.35. The monoisotopic (exact) mass is 568 g/mol. The van der Waals surface area contributed by atoms with Gasteiger partial charge >= 0.3 is 6.18 Å². The maximum Gasteiger partial charge on any atom is 0.434 e. The Morgan fingerprint density at radius 3 is 2.36 bits per heavy atom. The summed E-state index contributed by atoms with van der Waals surface area (Å²) < 4.78 is 87.1. The molecule has 0 bridgehead atoms. The second-order valence-electron chi connectivity index (χ2n) is 10.5. The van der Waals surface area contributed by atoms with Gasteiger partial charge in [-0.15, -0.1) is 11.3 Å². The molecule has 0 spiro atoms. The summed E-state index contributed by atoms with van der Waals surface area (Å²) >= 11 is 0.760. The fourth-order valence-electron chi connectivity index (χ4n) is 3.49. The molecule has 3 heterocycles. The highest BCUT2D eigenvalue weighted by Gasteiger charge is 2.40. The van der Waals surface area contributed by atoms with Crippen LogP contribution >= 0.6 is 11.3 Å². The first-order valence-electron chi connectivity index (χ1n) is 11.5. The topological polar surface area (TPSA) is 84.4 Å². The standard InChI is InChI=1S/C22H32F4N4O3S2Si/c1-21(2,3)36(5,6)33-13-18-29-20(22(24,25)26)19(34-18)15-11-17(27-12-16(15)23)28-14-7-9-30(10-8-14)35(4,31)32/h11-12,14H,7-10,13H2,1-6H3,(H,27,28). The number of alkyl halides is 3. The smallest absolute Gasteiger partial charge is 0.410 e. The van der Waals surface area contributed by atoms with Crippen LogP contribution in [0.5, 0.6) is 0 Å². The zero-order chi connectivity index (χ0) is 27.1. The molecule has 2 aromatic rings. The summed E-state index contributed by atoms with van der Waals surface area (Å²) in [5, 5.41) is 3.10. The lowest BCUT2D eigenvalue weighted by Crippen LogP contribution is -2.41. The first-order chi connectivity index (χ1) is 16.4. The zero-order valence-electron chi connectivity index (χ0n) is 21.2. The van der Waals surface area contributed by atoms with E-state index in [1.807, 2.05) is 33.9 Å². The largest absolute Gasteiger partial charge is 0.434 e. The van der Waals surface area contributed by atoms with E-state index in [-0.39, 0.29) is 39.0 Å². The van der Waals surface area contributed by atoms with Gasteiger partial charge in [0.15, 0.2) is 14.0 Å². The van der Waals surface area contributed by atoms with E-state index in [1.54, 1.807) is 0 Å². The van der Waals surface area contributed by atoms with Crippen molar-refractivity contribution in [3.8, 4) is 10.4 Å². The van der Waals surface area contributed by atoms with E-state index >= 15 is 0 Å². The number of anilines is 1. The minimum atomic E-state index is -4.77. The van der Waals surface area contributed by atoms with Crippen molar-refractivity contribution in [2.75, 3.05) is 24.7 Å². The molecule has 1 aliphatic heterocycles. The molecule has 0 aliphatic carbocycles. The van der Waals surface area contributed by atoms with Crippen LogP contribution in [0.2, 0.25) is 18.1 Å². The minimum Gasteiger partial charge on any atom is -0.410 e. The SMILES string of the molecule is CC(C)(C)[Si](C)(C)OCc1nc(C(F)(F)F)c(-c2cc(NC3CCN(S(C)(=O)=O)CC3)ncc2F)s1. The summed E-state index contributed by atoms with van der Waals surface area (Å²) in [7, 11) is -5.52. The van der Waals surface area contributed by atoms with Gasteiger partial charge in [0.25, 0.3) is 0 Å². The van der Waals surface area contributed by atoms with Crippen molar-refractivity contribution >= 4 is 35.5 Å². The normalized spacial score (nSPS) is 16.9. The number of halogens is 4. The van der Waals surface area contributed by atoms with E-state index in [1.165, 1.54) is 10.4 Å². The minimum absolute atomic E-state index is 0.0824. The number of nitrogens with one attached hydrogen (secondary N) is 1. The average molecular weight is 569 g/mol. The van der Waals surface area contributed by atoms with Gasteiger partial charge in [-0.25, -0.2) is 27.1 Å². The van der Waals surface area contributed by atoms with Crippen molar-refractivity contribution in [2.45, 2.75) is 70.6 Å². The molecular weight excluding hydrogens is 536 g/mol. The molecule has 0 radical (unpaired) electrons. The van der Waals surface area contributed by atoms with Crippen molar-refractivity contribution in [2.24, 2.45) is 0 Å². The predicted molar refractivity (Wildman–Crippen MR) is 135 cm³/mol. The van der Waals surface area contributed by atoms with Crippen molar-refractivity contribution in [1.82, 2.24) is 14.3 Å². The molecule has 0 atom stereocenters. The van der Waals surface area contributed by atoms with Crippen LogP contribution in [0, 0.1) is 5.82 Å². The molecule has 0 amide bonds. The Balaban J connectivity index is 1.85. The molecule has 14 heteroatoms. The molecule has 1 N–H and O–H groups in total. The number of hydrogen-bond acceptors (Lipinski definition) is 7. The van der Waals surface area contributed by atoms with Gasteiger partial charge in [0.05, 0.1) is 23.9 Å². The Morgan fingerprint density at radius 2 is 1.83 bits per heavy atom. The van der Waals surface area contributed by atoms with Gasteiger partial charge in [-0.3, -0.25) is 0 Å². The van der Waals surface area contributed by atoms with E-state index in [0.717, 1.165) is 23.8 Å². The van der Waals surface area contributed by atoms with E-state index in [2.05, 4.69) is 15.3 Å². The molecule has 36 heavy (non-hydrogen) atoms. The van der Waals surface area contributed by atoms with Crippen LogP contribution < -0.4 is 5.32 Å². The molecule has 1 fully saturated rings. The Kier molecular flexibility index (Phi) is 8.26. The van der Waals surface area contributed by atoms with Gasteiger partial charge in [0, 0.05) is 24.7 Å². The molecular formula is C22H32F4N4O3S2Si. The summed E-state index contributed by atoms with van der Waals surface area (Å²) in [5.41, 5.74) is -1.40. The Hall–Kier alpha value is -1.61. The van der Waals surface area contributed by atoms with Crippen LogP contribution in [0.15, 0.2) is 12.3 Å². The van der Waals surface area contributed by atoms with E-state index in [4.69, 9.17) is 4.43 Å². The highest BCUT2D eigenvalue weighted by Crippen LogP contribution is 2.43. The molecule has 3 rings (SSSR count). The molecule has 7 nitrogen and oxygen atoms in total. The van der Waals surface area contributed by atoms with Gasteiger partial charge in [0.2, 0.25) is 10.0 Å². The highest BCUT2D eigenvalue weighted by molar-refractivity contribution is 7.88. The molecule has 1 saturated heterocycles. The summed E-state index contributed by atoms with van der Waals surface area (Å²) in [6.07, 6.45) is -1.76. The van der Waals surface area contributed by atoms with Crippen LogP contribution in [-0.2, 0) is 27.2 Å². The fraction of sp³-hybridized carbons (Fsp3) is 0.636. The summed E-state index contributed by atoms with van der Waals surface area (Å²) in [5.74, 6) is -0.678. The summed E-state index contributed by atoms with van der Waals surface area (Å²) in [6.45, 7) is 10.6. The van der Waals surface area contributed by atoms with Crippen molar-refractivity contribution in [3.63, 3.8) is 0 Å². The third kappa shape index (κ3) is 6.82. The summed E-state index contributed by atoms with van der Waals surface area (Å²) in [4.78, 5) is 7.44. The van der Waals surface area contributed by atoms with Crippen molar-refractivity contribution in [3.05, 3.63) is 28.8 Å². The van der Waals surface area contributed by atoms with Gasteiger partial charge in [-0.2, -0.15) is 13.2 Å². The first kappa shape index (κ1) is 29.0. The van der Waals surface area contributed by atoms with Crippen LogP contribution in [0.3, 0.4) is 0 Å². The molecule has 1 aliphatic rings. The van der Waals surface area contributed by atoms with Crippen LogP contribution in [0.25, 0.3) is 10.4 Å². The van der Waals surface area contributed by atoms with Gasteiger partial charge in [-0.1, -0.05) is 20.8 Å².